The molecule has 0 unspecified atom stereocenters. The fraction of sp³-hybridized carbons (Fsp3) is 0.250. The summed E-state index contributed by atoms with van der Waals surface area (Å²) in [5.41, 5.74) is 1.10. The van der Waals surface area contributed by atoms with Crippen molar-refractivity contribution in [1.29, 1.82) is 5.26 Å². The van der Waals surface area contributed by atoms with Crippen LogP contribution in [0.4, 0.5) is 0 Å². The fourth-order valence-corrected chi connectivity index (χ4v) is 0.719. The third-order valence-corrected chi connectivity index (χ3v) is 1.34. The zero-order valence-electron chi connectivity index (χ0n) is 6.15. The molecule has 1 heterocycles. The molecule has 1 aromatic heterocycles. The van der Waals surface area contributed by atoms with Gasteiger partial charge in [0.1, 0.15) is 6.07 Å². The number of aliphatic hydroxyl groups is 1. The summed E-state index contributed by atoms with van der Waals surface area (Å²) in [5.74, 6) is 0. The van der Waals surface area contributed by atoms with Gasteiger partial charge in [0.15, 0.2) is 0 Å². The summed E-state index contributed by atoms with van der Waals surface area (Å²) in [6.45, 7) is 1.63. The van der Waals surface area contributed by atoms with Crippen LogP contribution >= 0.6 is 0 Å². The van der Waals surface area contributed by atoms with Crippen LogP contribution in [-0.4, -0.2) is 10.1 Å². The van der Waals surface area contributed by atoms with Gasteiger partial charge in [-0.05, 0) is 19.1 Å². The molecule has 0 aliphatic rings. The molecule has 1 rings (SSSR count). The maximum Gasteiger partial charge on any atom is 0.101 e. The van der Waals surface area contributed by atoms with Crippen molar-refractivity contribution >= 4 is 0 Å². The summed E-state index contributed by atoms with van der Waals surface area (Å²) in [6, 6.07) is 5.23. The molecule has 56 valence electrons. The van der Waals surface area contributed by atoms with E-state index in [1.165, 1.54) is 6.20 Å². The maximum atomic E-state index is 9.04. The Labute approximate surface area is 64.9 Å². The Morgan fingerprint density at radius 1 is 1.64 bits per heavy atom. The molecule has 0 aliphatic heterocycles. The fourth-order valence-electron chi connectivity index (χ4n) is 0.719. The van der Waals surface area contributed by atoms with Gasteiger partial charge in [0.2, 0.25) is 0 Å². The van der Waals surface area contributed by atoms with Crippen molar-refractivity contribution in [2.75, 3.05) is 0 Å². The molecule has 0 saturated carbocycles. The molecular formula is C8H8N2O. The van der Waals surface area contributed by atoms with Crippen LogP contribution in [0.5, 0.6) is 0 Å². The molecule has 0 aliphatic carbocycles. The third kappa shape index (κ3) is 1.76. The second kappa shape index (κ2) is 3.13. The lowest BCUT2D eigenvalue weighted by molar-refractivity contribution is 0.194. The zero-order valence-corrected chi connectivity index (χ0v) is 6.15. The van der Waals surface area contributed by atoms with Crippen molar-refractivity contribution in [3.05, 3.63) is 29.6 Å². The van der Waals surface area contributed by atoms with Crippen LogP contribution in [-0.2, 0) is 0 Å². The van der Waals surface area contributed by atoms with Gasteiger partial charge in [-0.2, -0.15) is 5.26 Å². The Balaban J connectivity index is 2.94. The van der Waals surface area contributed by atoms with E-state index in [0.29, 0.717) is 11.3 Å². The Hall–Kier alpha value is -1.40. The largest absolute Gasteiger partial charge is 0.387 e. The van der Waals surface area contributed by atoms with E-state index in [1.54, 1.807) is 19.1 Å². The molecule has 0 bridgehead atoms. The maximum absolute atomic E-state index is 9.04. The predicted molar refractivity (Wildman–Crippen MR) is 39.6 cm³/mol. The monoisotopic (exact) mass is 148 g/mol. The highest BCUT2D eigenvalue weighted by atomic mass is 16.3. The van der Waals surface area contributed by atoms with Crippen molar-refractivity contribution in [1.82, 2.24) is 4.98 Å². The number of aromatic nitrogens is 1. The van der Waals surface area contributed by atoms with Crippen molar-refractivity contribution in [3.8, 4) is 6.07 Å². The van der Waals surface area contributed by atoms with Crippen LogP contribution in [0.3, 0.4) is 0 Å². The van der Waals surface area contributed by atoms with Crippen molar-refractivity contribution in [2.45, 2.75) is 13.0 Å². The van der Waals surface area contributed by atoms with E-state index in [9.17, 15) is 0 Å². The summed E-state index contributed by atoms with van der Waals surface area (Å²) in [5, 5.41) is 17.5. The number of aliphatic hydroxyl groups excluding tert-OH is 1. The van der Waals surface area contributed by atoms with Gasteiger partial charge in [0.25, 0.3) is 0 Å². The van der Waals surface area contributed by atoms with Crippen LogP contribution in [0.25, 0.3) is 0 Å². The zero-order chi connectivity index (χ0) is 8.27. The SMILES string of the molecule is C[C@H](O)c1ccc(C#N)cn1. The molecule has 0 radical (unpaired) electrons. The van der Waals surface area contributed by atoms with Gasteiger partial charge < -0.3 is 5.11 Å². The van der Waals surface area contributed by atoms with Crippen LogP contribution < -0.4 is 0 Å². The van der Waals surface area contributed by atoms with E-state index >= 15 is 0 Å². The summed E-state index contributed by atoms with van der Waals surface area (Å²) in [7, 11) is 0. The van der Waals surface area contributed by atoms with Gasteiger partial charge in [-0.1, -0.05) is 0 Å². The van der Waals surface area contributed by atoms with E-state index in [2.05, 4.69) is 4.98 Å². The number of pyridine rings is 1. The third-order valence-electron chi connectivity index (χ3n) is 1.34. The summed E-state index contributed by atoms with van der Waals surface area (Å²) >= 11 is 0. The minimum absolute atomic E-state index is 0.509. The average molecular weight is 148 g/mol. The molecule has 0 saturated heterocycles. The molecule has 0 fully saturated rings. The highest BCUT2D eigenvalue weighted by Crippen LogP contribution is 2.07. The van der Waals surface area contributed by atoms with Gasteiger partial charge in [0.05, 0.1) is 17.4 Å². The first kappa shape index (κ1) is 7.70. The number of hydrogen-bond acceptors (Lipinski definition) is 3. The number of nitriles is 1. The molecule has 1 N–H and O–H groups in total. The minimum Gasteiger partial charge on any atom is -0.387 e. The van der Waals surface area contributed by atoms with Crippen molar-refractivity contribution < 1.29 is 5.11 Å². The normalized spacial score (nSPS) is 12.1. The quantitative estimate of drug-likeness (QED) is 0.646. The second-order valence-electron chi connectivity index (χ2n) is 2.26. The van der Waals surface area contributed by atoms with Gasteiger partial charge in [-0.3, -0.25) is 4.98 Å². The average Bonchev–Trinajstić information content (AvgIpc) is 2.05. The number of nitrogens with zero attached hydrogens (tertiary/aromatic N) is 2. The number of hydrogen-bond donors (Lipinski definition) is 1. The van der Waals surface area contributed by atoms with Crippen LogP contribution in [0.2, 0.25) is 0 Å². The Morgan fingerprint density at radius 3 is 2.73 bits per heavy atom. The van der Waals surface area contributed by atoms with Gasteiger partial charge >= 0.3 is 0 Å². The molecule has 3 heteroatoms. The summed E-state index contributed by atoms with van der Waals surface area (Å²) < 4.78 is 0. The molecule has 1 atom stereocenters. The van der Waals surface area contributed by atoms with Crippen LogP contribution in [0.1, 0.15) is 24.3 Å². The van der Waals surface area contributed by atoms with Crippen molar-refractivity contribution in [2.24, 2.45) is 0 Å². The Bertz CT molecular complexity index is 271. The molecule has 0 aromatic carbocycles. The van der Waals surface area contributed by atoms with Crippen LogP contribution in [0.15, 0.2) is 18.3 Å². The Morgan fingerprint density at radius 2 is 2.36 bits per heavy atom. The molecular weight excluding hydrogens is 140 g/mol. The first-order valence-electron chi connectivity index (χ1n) is 3.28. The van der Waals surface area contributed by atoms with Crippen molar-refractivity contribution in [3.63, 3.8) is 0 Å². The molecule has 11 heavy (non-hydrogen) atoms. The number of rotatable bonds is 1. The van der Waals surface area contributed by atoms with E-state index in [0.717, 1.165) is 0 Å². The first-order chi connectivity index (χ1) is 5.24. The van der Waals surface area contributed by atoms with E-state index in [4.69, 9.17) is 10.4 Å². The van der Waals surface area contributed by atoms with E-state index < -0.39 is 6.10 Å². The predicted octanol–water partition coefficient (Wildman–Crippen LogP) is 1.01. The van der Waals surface area contributed by atoms with Gasteiger partial charge in [0, 0.05) is 6.20 Å². The highest BCUT2D eigenvalue weighted by Gasteiger charge is 2.00. The molecule has 0 amide bonds. The first-order valence-corrected chi connectivity index (χ1v) is 3.28. The standard InChI is InChI=1S/C8H8N2O/c1-6(11)8-3-2-7(4-9)5-10-8/h2-3,5-6,11H,1H3/t6-/m0/s1. The van der Waals surface area contributed by atoms with Gasteiger partial charge in [-0.15, -0.1) is 0 Å². The lowest BCUT2D eigenvalue weighted by Crippen LogP contribution is -1.94. The van der Waals surface area contributed by atoms with Gasteiger partial charge in [-0.25, -0.2) is 0 Å². The lowest BCUT2D eigenvalue weighted by atomic mass is 10.2. The molecule has 3 nitrogen and oxygen atoms in total. The Kier molecular flexibility index (Phi) is 2.19. The van der Waals surface area contributed by atoms with E-state index in [-0.39, 0.29) is 0 Å². The summed E-state index contributed by atoms with van der Waals surface area (Å²) in [4.78, 5) is 3.88. The summed E-state index contributed by atoms with van der Waals surface area (Å²) in [6.07, 6.45) is 0.880. The molecule has 1 aromatic rings. The lowest BCUT2D eigenvalue weighted by Gasteiger charge is -2.00. The highest BCUT2D eigenvalue weighted by molar-refractivity contribution is 5.26. The second-order valence-corrected chi connectivity index (χ2v) is 2.26. The van der Waals surface area contributed by atoms with Crippen LogP contribution in [0, 0.1) is 11.3 Å². The molecule has 0 spiro atoms. The minimum atomic E-state index is -0.567. The smallest absolute Gasteiger partial charge is 0.101 e. The van der Waals surface area contributed by atoms with E-state index in [1.807, 2.05) is 6.07 Å². The topological polar surface area (TPSA) is 56.9 Å².